The van der Waals surface area contributed by atoms with Crippen molar-refractivity contribution in [1.29, 1.82) is 0 Å². The van der Waals surface area contributed by atoms with E-state index in [0.29, 0.717) is 0 Å². The number of hydrogen-bond acceptors (Lipinski definition) is 4. The van der Waals surface area contributed by atoms with E-state index in [1.807, 2.05) is 0 Å². The minimum atomic E-state index is -4.55. The fraction of sp³-hybridized carbons (Fsp3) is 0.571. The lowest BCUT2D eigenvalue weighted by atomic mass is 10.3. The highest BCUT2D eigenvalue weighted by atomic mass is 32.2. The molecule has 0 saturated carbocycles. The van der Waals surface area contributed by atoms with Gasteiger partial charge < -0.3 is 0 Å². The zero-order valence-electron chi connectivity index (χ0n) is 8.45. The monoisotopic (exact) mass is 258 g/mol. The Morgan fingerprint density at radius 1 is 1.50 bits per heavy atom. The average Bonchev–Trinajstić information content (AvgIpc) is 2.41. The van der Waals surface area contributed by atoms with Crippen molar-refractivity contribution in [3.05, 3.63) is 17.5 Å². The molecule has 0 bridgehead atoms. The van der Waals surface area contributed by atoms with Crippen LogP contribution in [0, 0.1) is 0 Å². The van der Waals surface area contributed by atoms with E-state index in [-0.39, 0.29) is 5.69 Å². The second-order valence-corrected chi connectivity index (χ2v) is 4.75. The van der Waals surface area contributed by atoms with E-state index in [0.717, 1.165) is 17.0 Å². The second-order valence-electron chi connectivity index (χ2n) is 3.11. The van der Waals surface area contributed by atoms with Gasteiger partial charge in [0.25, 0.3) is 10.1 Å². The van der Waals surface area contributed by atoms with Crippen LogP contribution in [-0.2, 0) is 34.1 Å². The molecule has 0 atom stereocenters. The van der Waals surface area contributed by atoms with Gasteiger partial charge in [-0.25, -0.2) is 0 Å². The summed E-state index contributed by atoms with van der Waals surface area (Å²) in [5.74, 6) is 0. The number of aryl methyl sites for hydroxylation is 1. The summed E-state index contributed by atoms with van der Waals surface area (Å²) >= 11 is 0. The maximum absolute atomic E-state index is 12.2. The van der Waals surface area contributed by atoms with Crippen molar-refractivity contribution < 1.29 is 25.8 Å². The SMILES string of the molecule is Cn1nc(C(F)(F)F)cc1COS(C)(=O)=O. The summed E-state index contributed by atoms with van der Waals surface area (Å²) in [6.45, 7) is -0.474. The number of rotatable bonds is 3. The predicted octanol–water partition coefficient (Wildman–Crippen LogP) is 0.915. The lowest BCUT2D eigenvalue weighted by molar-refractivity contribution is -0.141. The van der Waals surface area contributed by atoms with Gasteiger partial charge in [0, 0.05) is 7.05 Å². The Morgan fingerprint density at radius 2 is 2.06 bits per heavy atom. The lowest BCUT2D eigenvalue weighted by Crippen LogP contribution is -2.07. The van der Waals surface area contributed by atoms with Crippen molar-refractivity contribution in [2.24, 2.45) is 7.05 Å². The molecule has 16 heavy (non-hydrogen) atoms. The van der Waals surface area contributed by atoms with E-state index >= 15 is 0 Å². The van der Waals surface area contributed by atoms with Crippen molar-refractivity contribution in [1.82, 2.24) is 9.78 Å². The fourth-order valence-electron chi connectivity index (χ4n) is 0.947. The quantitative estimate of drug-likeness (QED) is 0.756. The molecule has 0 saturated heterocycles. The molecule has 92 valence electrons. The highest BCUT2D eigenvalue weighted by Crippen LogP contribution is 2.28. The molecular formula is C7H9F3N2O3S. The molecule has 0 aliphatic rings. The fourth-order valence-corrected chi connectivity index (χ4v) is 1.28. The predicted molar refractivity (Wildman–Crippen MR) is 47.8 cm³/mol. The molecule has 0 fully saturated rings. The first-order valence-corrected chi connectivity index (χ1v) is 5.86. The molecule has 0 radical (unpaired) electrons. The van der Waals surface area contributed by atoms with Crippen LogP contribution in [0.3, 0.4) is 0 Å². The summed E-state index contributed by atoms with van der Waals surface area (Å²) in [5, 5.41) is 3.20. The number of halogens is 3. The third kappa shape index (κ3) is 3.49. The van der Waals surface area contributed by atoms with E-state index < -0.39 is 28.6 Å². The summed E-state index contributed by atoms with van der Waals surface area (Å²) in [6.07, 6.45) is -3.74. The number of hydrogen-bond donors (Lipinski definition) is 0. The third-order valence-corrected chi connectivity index (χ3v) is 2.23. The topological polar surface area (TPSA) is 61.2 Å². The standard InChI is InChI=1S/C7H9F3N2O3S/c1-12-5(4-15-16(2,13)14)3-6(11-12)7(8,9)10/h3H,4H2,1-2H3. The minimum absolute atomic E-state index is 0.0257. The first-order valence-electron chi connectivity index (χ1n) is 4.04. The van der Waals surface area contributed by atoms with Crippen molar-refractivity contribution in [3.63, 3.8) is 0 Å². The summed E-state index contributed by atoms with van der Waals surface area (Å²) < 4.78 is 63.2. The molecule has 0 aromatic carbocycles. The van der Waals surface area contributed by atoms with Gasteiger partial charge in [0.15, 0.2) is 5.69 Å². The lowest BCUT2D eigenvalue weighted by Gasteiger charge is -2.00. The van der Waals surface area contributed by atoms with Crippen LogP contribution in [-0.4, -0.2) is 24.5 Å². The van der Waals surface area contributed by atoms with Gasteiger partial charge in [-0.15, -0.1) is 0 Å². The zero-order valence-corrected chi connectivity index (χ0v) is 9.26. The molecule has 0 spiro atoms. The van der Waals surface area contributed by atoms with E-state index in [1.165, 1.54) is 7.05 Å². The van der Waals surface area contributed by atoms with E-state index in [4.69, 9.17) is 0 Å². The van der Waals surface area contributed by atoms with Crippen LogP contribution in [0.4, 0.5) is 13.2 Å². The molecule has 0 amide bonds. The van der Waals surface area contributed by atoms with Gasteiger partial charge in [-0.3, -0.25) is 8.86 Å². The summed E-state index contributed by atoms with van der Waals surface area (Å²) in [7, 11) is -2.41. The molecule has 0 aliphatic heterocycles. The van der Waals surface area contributed by atoms with Gasteiger partial charge in [-0.05, 0) is 6.07 Å². The minimum Gasteiger partial charge on any atom is -0.270 e. The van der Waals surface area contributed by atoms with Gasteiger partial charge >= 0.3 is 6.18 Å². The van der Waals surface area contributed by atoms with Crippen molar-refractivity contribution in [3.8, 4) is 0 Å². The van der Waals surface area contributed by atoms with Gasteiger partial charge in [0.1, 0.15) is 6.61 Å². The molecule has 9 heteroatoms. The number of aromatic nitrogens is 2. The largest absolute Gasteiger partial charge is 0.435 e. The Kier molecular flexibility index (Phi) is 3.29. The Balaban J connectivity index is 2.87. The molecule has 1 aromatic rings. The summed E-state index contributed by atoms with van der Waals surface area (Å²) in [4.78, 5) is 0. The Morgan fingerprint density at radius 3 is 2.44 bits per heavy atom. The molecule has 1 rings (SSSR count). The highest BCUT2D eigenvalue weighted by molar-refractivity contribution is 7.85. The first-order chi connectivity index (χ1) is 7.09. The van der Waals surface area contributed by atoms with Crippen LogP contribution < -0.4 is 0 Å². The molecule has 0 unspecified atom stereocenters. The molecular weight excluding hydrogens is 249 g/mol. The summed E-state index contributed by atoms with van der Waals surface area (Å²) in [6, 6.07) is 0.741. The van der Waals surface area contributed by atoms with Crippen molar-refractivity contribution >= 4 is 10.1 Å². The second kappa shape index (κ2) is 4.06. The maximum Gasteiger partial charge on any atom is 0.435 e. The smallest absolute Gasteiger partial charge is 0.270 e. The highest BCUT2D eigenvalue weighted by Gasteiger charge is 2.34. The zero-order chi connectivity index (χ0) is 12.6. The van der Waals surface area contributed by atoms with Crippen LogP contribution >= 0.6 is 0 Å². The van der Waals surface area contributed by atoms with Gasteiger partial charge in [-0.2, -0.15) is 26.7 Å². The van der Waals surface area contributed by atoms with Gasteiger partial charge in [0.05, 0.1) is 11.9 Å². The number of alkyl halides is 3. The van der Waals surface area contributed by atoms with Crippen LogP contribution in [0.15, 0.2) is 6.07 Å². The van der Waals surface area contributed by atoms with Crippen LogP contribution in [0.25, 0.3) is 0 Å². The molecule has 5 nitrogen and oxygen atoms in total. The van der Waals surface area contributed by atoms with Crippen LogP contribution in [0.5, 0.6) is 0 Å². The van der Waals surface area contributed by atoms with E-state index in [1.54, 1.807) is 0 Å². The van der Waals surface area contributed by atoms with E-state index in [9.17, 15) is 21.6 Å². The third-order valence-electron chi connectivity index (χ3n) is 1.69. The average molecular weight is 258 g/mol. The Labute approximate surface area is 89.9 Å². The van der Waals surface area contributed by atoms with Crippen molar-refractivity contribution in [2.45, 2.75) is 12.8 Å². The maximum atomic E-state index is 12.2. The molecule has 1 aromatic heterocycles. The number of nitrogens with zero attached hydrogens (tertiary/aromatic N) is 2. The normalized spacial score (nSPS) is 13.1. The van der Waals surface area contributed by atoms with E-state index in [2.05, 4.69) is 9.28 Å². The molecule has 0 aliphatic carbocycles. The first kappa shape index (κ1) is 13.0. The van der Waals surface area contributed by atoms with Gasteiger partial charge in [-0.1, -0.05) is 0 Å². The van der Waals surface area contributed by atoms with Crippen molar-refractivity contribution in [2.75, 3.05) is 6.26 Å². The molecule has 0 N–H and O–H groups in total. The van der Waals surface area contributed by atoms with Crippen LogP contribution in [0.1, 0.15) is 11.4 Å². The molecule has 1 heterocycles. The van der Waals surface area contributed by atoms with Crippen LogP contribution in [0.2, 0.25) is 0 Å². The Bertz CT molecular complexity index is 478. The summed E-state index contributed by atoms with van der Waals surface area (Å²) in [5.41, 5.74) is -1.06. The Hall–Kier alpha value is -1.09. The van der Waals surface area contributed by atoms with Gasteiger partial charge in [0.2, 0.25) is 0 Å².